The van der Waals surface area contributed by atoms with E-state index >= 15 is 0 Å². The third kappa shape index (κ3) is 3.20. The number of pyridine rings is 1. The van der Waals surface area contributed by atoms with E-state index in [2.05, 4.69) is 10.4 Å². The number of hydrogen-bond acceptors (Lipinski definition) is 4. The van der Waals surface area contributed by atoms with Crippen LogP contribution < -0.4 is 10.1 Å². The van der Waals surface area contributed by atoms with Gasteiger partial charge in [0.1, 0.15) is 5.75 Å². The molecule has 4 rings (SSSR count). The fourth-order valence-electron chi connectivity index (χ4n) is 3.15. The minimum atomic E-state index is -0.203. The molecular formula is C22H20N4O2. The van der Waals surface area contributed by atoms with E-state index in [0.717, 1.165) is 28.3 Å². The zero-order chi connectivity index (χ0) is 19.7. The molecule has 0 saturated heterocycles. The van der Waals surface area contributed by atoms with Crippen LogP contribution in [-0.2, 0) is 7.05 Å². The molecule has 2 aromatic carbocycles. The number of fused-ring (bicyclic) bond motifs is 1. The molecule has 1 N–H and O–H groups in total. The molecule has 0 aliphatic rings. The molecule has 6 nitrogen and oxygen atoms in total. The number of aryl methyl sites for hydroxylation is 2. The highest BCUT2D eigenvalue weighted by Gasteiger charge is 2.17. The number of anilines is 1. The minimum Gasteiger partial charge on any atom is -0.497 e. The van der Waals surface area contributed by atoms with Crippen LogP contribution in [0.3, 0.4) is 0 Å². The van der Waals surface area contributed by atoms with E-state index in [9.17, 15) is 4.79 Å². The molecule has 0 radical (unpaired) electrons. The molecule has 2 heterocycles. The molecule has 28 heavy (non-hydrogen) atoms. The quantitative estimate of drug-likeness (QED) is 0.583. The Balaban J connectivity index is 1.78. The van der Waals surface area contributed by atoms with Crippen molar-refractivity contribution in [2.45, 2.75) is 6.92 Å². The van der Waals surface area contributed by atoms with Crippen LogP contribution in [0.5, 0.6) is 5.75 Å². The maximum atomic E-state index is 13.1. The molecule has 4 aromatic rings. The second-order valence-electron chi connectivity index (χ2n) is 6.56. The third-order valence-electron chi connectivity index (χ3n) is 4.70. The smallest absolute Gasteiger partial charge is 0.256 e. The number of rotatable bonds is 4. The van der Waals surface area contributed by atoms with Gasteiger partial charge in [-0.25, -0.2) is 4.98 Å². The highest BCUT2D eigenvalue weighted by atomic mass is 16.5. The van der Waals surface area contributed by atoms with Gasteiger partial charge in [-0.2, -0.15) is 5.10 Å². The van der Waals surface area contributed by atoms with Crippen molar-refractivity contribution in [2.24, 2.45) is 7.05 Å². The van der Waals surface area contributed by atoms with Gasteiger partial charge in [-0.15, -0.1) is 0 Å². The topological polar surface area (TPSA) is 69.0 Å². The standard InChI is InChI=1S/C22H20N4O2/c1-14-11-16(28-3)9-10-19(14)25-22(27)17-12-20(15-7-5-4-6-8-15)24-21-18(17)13-23-26(21)2/h4-13H,1-3H3,(H,25,27). The highest BCUT2D eigenvalue weighted by molar-refractivity contribution is 6.12. The summed E-state index contributed by atoms with van der Waals surface area (Å²) in [5.74, 6) is 0.547. The SMILES string of the molecule is COc1ccc(NC(=O)c2cc(-c3ccccc3)nc3c2cnn3C)c(C)c1. The fourth-order valence-corrected chi connectivity index (χ4v) is 3.15. The first-order valence-corrected chi connectivity index (χ1v) is 8.91. The Morgan fingerprint density at radius 1 is 1.11 bits per heavy atom. The van der Waals surface area contributed by atoms with Crippen molar-refractivity contribution in [3.63, 3.8) is 0 Å². The number of nitrogens with one attached hydrogen (secondary N) is 1. The summed E-state index contributed by atoms with van der Waals surface area (Å²) in [6, 6.07) is 17.2. The van der Waals surface area contributed by atoms with Crippen molar-refractivity contribution in [1.82, 2.24) is 14.8 Å². The molecule has 6 heteroatoms. The molecule has 0 aliphatic carbocycles. The number of methoxy groups -OCH3 is 1. The van der Waals surface area contributed by atoms with E-state index in [1.54, 1.807) is 18.0 Å². The Bertz CT molecular complexity index is 1170. The van der Waals surface area contributed by atoms with Gasteiger partial charge >= 0.3 is 0 Å². The number of carbonyl (C=O) groups is 1. The van der Waals surface area contributed by atoms with Crippen molar-refractivity contribution in [1.29, 1.82) is 0 Å². The normalized spacial score (nSPS) is 10.8. The summed E-state index contributed by atoms with van der Waals surface area (Å²) < 4.78 is 6.91. The van der Waals surface area contributed by atoms with Crippen molar-refractivity contribution in [2.75, 3.05) is 12.4 Å². The van der Waals surface area contributed by atoms with Gasteiger partial charge in [0.15, 0.2) is 5.65 Å². The van der Waals surface area contributed by atoms with Crippen molar-refractivity contribution in [3.05, 3.63) is 71.9 Å². The first kappa shape index (κ1) is 17.7. The minimum absolute atomic E-state index is 0.203. The number of benzene rings is 2. The second-order valence-corrected chi connectivity index (χ2v) is 6.56. The van der Waals surface area contributed by atoms with Gasteiger partial charge < -0.3 is 10.1 Å². The van der Waals surface area contributed by atoms with Gasteiger partial charge in [-0.3, -0.25) is 9.48 Å². The summed E-state index contributed by atoms with van der Waals surface area (Å²) in [5, 5.41) is 7.99. The summed E-state index contributed by atoms with van der Waals surface area (Å²) in [7, 11) is 3.44. The van der Waals surface area contributed by atoms with Crippen LogP contribution in [0.4, 0.5) is 5.69 Å². The molecule has 1 amide bonds. The zero-order valence-electron chi connectivity index (χ0n) is 15.9. The summed E-state index contributed by atoms with van der Waals surface area (Å²) >= 11 is 0. The number of hydrogen-bond donors (Lipinski definition) is 1. The van der Waals surface area contributed by atoms with Crippen LogP contribution >= 0.6 is 0 Å². The molecule has 0 spiro atoms. The molecule has 140 valence electrons. The van der Waals surface area contributed by atoms with Crippen LogP contribution in [0, 0.1) is 6.92 Å². The lowest BCUT2D eigenvalue weighted by atomic mass is 10.1. The predicted octanol–water partition coefficient (Wildman–Crippen LogP) is 4.20. The summed E-state index contributed by atoms with van der Waals surface area (Å²) in [6.07, 6.45) is 1.67. The van der Waals surface area contributed by atoms with Crippen molar-refractivity contribution >= 4 is 22.6 Å². The molecule has 2 aromatic heterocycles. The van der Waals surface area contributed by atoms with Crippen LogP contribution in [-0.4, -0.2) is 27.8 Å². The molecule has 0 atom stereocenters. The van der Waals surface area contributed by atoms with Crippen LogP contribution in [0.25, 0.3) is 22.3 Å². The van der Waals surface area contributed by atoms with Crippen LogP contribution in [0.2, 0.25) is 0 Å². The molecule has 0 unspecified atom stereocenters. The molecule has 0 fully saturated rings. The number of aromatic nitrogens is 3. The third-order valence-corrected chi connectivity index (χ3v) is 4.70. The highest BCUT2D eigenvalue weighted by Crippen LogP contribution is 2.26. The lowest BCUT2D eigenvalue weighted by molar-refractivity contribution is 0.102. The molecule has 0 saturated carbocycles. The maximum Gasteiger partial charge on any atom is 0.256 e. The van der Waals surface area contributed by atoms with Gasteiger partial charge in [-0.05, 0) is 36.8 Å². The zero-order valence-corrected chi connectivity index (χ0v) is 15.9. The number of amides is 1. The van der Waals surface area contributed by atoms with Gasteiger partial charge in [0.05, 0.1) is 30.0 Å². The van der Waals surface area contributed by atoms with Crippen LogP contribution in [0.1, 0.15) is 15.9 Å². The first-order valence-electron chi connectivity index (χ1n) is 8.91. The van der Waals surface area contributed by atoms with E-state index in [-0.39, 0.29) is 5.91 Å². The van der Waals surface area contributed by atoms with Crippen LogP contribution in [0.15, 0.2) is 60.8 Å². The van der Waals surface area contributed by atoms with Crippen molar-refractivity contribution < 1.29 is 9.53 Å². The van der Waals surface area contributed by atoms with E-state index in [1.807, 2.05) is 68.6 Å². The van der Waals surface area contributed by atoms with Gasteiger partial charge in [-0.1, -0.05) is 30.3 Å². The number of ether oxygens (including phenoxy) is 1. The Hall–Kier alpha value is -3.67. The average molecular weight is 372 g/mol. The van der Waals surface area contributed by atoms with E-state index in [4.69, 9.17) is 9.72 Å². The Labute approximate surface area is 162 Å². The molecular weight excluding hydrogens is 352 g/mol. The number of carbonyl (C=O) groups excluding carboxylic acids is 1. The monoisotopic (exact) mass is 372 g/mol. The fraction of sp³-hybridized carbons (Fsp3) is 0.136. The van der Waals surface area contributed by atoms with Gasteiger partial charge in [0.2, 0.25) is 0 Å². The second kappa shape index (κ2) is 7.15. The maximum absolute atomic E-state index is 13.1. The van der Waals surface area contributed by atoms with Crippen molar-refractivity contribution in [3.8, 4) is 17.0 Å². The first-order chi connectivity index (χ1) is 13.6. The summed E-state index contributed by atoms with van der Waals surface area (Å²) in [4.78, 5) is 17.8. The Morgan fingerprint density at radius 2 is 1.89 bits per heavy atom. The molecule has 0 bridgehead atoms. The van der Waals surface area contributed by atoms with Gasteiger partial charge in [0, 0.05) is 18.3 Å². The van der Waals surface area contributed by atoms with E-state index in [0.29, 0.717) is 16.6 Å². The average Bonchev–Trinajstić information content (AvgIpc) is 3.10. The molecule has 0 aliphatic heterocycles. The largest absolute Gasteiger partial charge is 0.497 e. The summed E-state index contributed by atoms with van der Waals surface area (Å²) in [6.45, 7) is 1.93. The van der Waals surface area contributed by atoms with E-state index < -0.39 is 0 Å². The predicted molar refractivity (Wildman–Crippen MR) is 110 cm³/mol. The van der Waals surface area contributed by atoms with E-state index in [1.165, 1.54) is 0 Å². The number of nitrogens with zero attached hydrogens (tertiary/aromatic N) is 3. The lowest BCUT2D eigenvalue weighted by Gasteiger charge is -2.11. The van der Waals surface area contributed by atoms with Gasteiger partial charge in [0.25, 0.3) is 5.91 Å². The summed E-state index contributed by atoms with van der Waals surface area (Å²) in [5.41, 5.74) is 4.53. The Morgan fingerprint density at radius 3 is 2.61 bits per heavy atom. The Kier molecular flexibility index (Phi) is 4.53. The lowest BCUT2D eigenvalue weighted by Crippen LogP contribution is -2.14.